The Morgan fingerprint density at radius 2 is 2.04 bits per heavy atom. The highest BCUT2D eigenvalue weighted by Crippen LogP contribution is 2.20. The molecule has 9 heteroatoms. The predicted molar refractivity (Wildman–Crippen MR) is 104 cm³/mol. The summed E-state index contributed by atoms with van der Waals surface area (Å²) >= 11 is 1.13. The van der Waals surface area contributed by atoms with E-state index in [2.05, 4.69) is 10.3 Å². The number of sulfonamides is 1. The molecule has 3 rings (SSSR count). The fourth-order valence-corrected chi connectivity index (χ4v) is 4.90. The molecule has 0 bridgehead atoms. The maximum atomic E-state index is 12.4. The van der Waals surface area contributed by atoms with Crippen LogP contribution in [0, 0.1) is 0 Å². The Morgan fingerprint density at radius 3 is 2.63 bits per heavy atom. The van der Waals surface area contributed by atoms with Crippen LogP contribution in [0.25, 0.3) is 5.69 Å². The summed E-state index contributed by atoms with van der Waals surface area (Å²) in [6.45, 7) is 1.62. The molecular weight excluding hydrogens is 384 g/mol. The molecule has 1 atom stereocenters. The summed E-state index contributed by atoms with van der Waals surface area (Å²) in [5.41, 5.74) is 1.90. The Morgan fingerprint density at radius 1 is 1.30 bits per heavy atom. The van der Waals surface area contributed by atoms with Gasteiger partial charge in [-0.15, -0.1) is 11.3 Å². The van der Waals surface area contributed by atoms with Gasteiger partial charge in [0.05, 0.1) is 18.9 Å². The number of carbonyl (C=O) groups excluding carboxylic acids is 1. The lowest BCUT2D eigenvalue weighted by atomic mass is 10.1. The van der Waals surface area contributed by atoms with Crippen molar-refractivity contribution in [2.75, 3.05) is 13.6 Å². The van der Waals surface area contributed by atoms with E-state index in [0.717, 1.165) is 26.9 Å². The molecule has 0 aliphatic carbocycles. The molecule has 1 N–H and O–H groups in total. The zero-order valence-corrected chi connectivity index (χ0v) is 16.6. The first kappa shape index (κ1) is 19.3. The largest absolute Gasteiger partial charge is 0.348 e. The average molecular weight is 405 g/mol. The molecule has 27 heavy (non-hydrogen) atoms. The Balaban J connectivity index is 1.60. The van der Waals surface area contributed by atoms with Crippen molar-refractivity contribution in [3.63, 3.8) is 0 Å². The van der Waals surface area contributed by atoms with Gasteiger partial charge in [0.2, 0.25) is 5.91 Å². The first-order chi connectivity index (χ1) is 12.9. The van der Waals surface area contributed by atoms with Crippen LogP contribution < -0.4 is 5.32 Å². The van der Waals surface area contributed by atoms with Crippen molar-refractivity contribution < 1.29 is 13.2 Å². The monoisotopic (exact) mass is 404 g/mol. The number of aromatic nitrogens is 2. The Labute approximate surface area is 162 Å². The highest BCUT2D eigenvalue weighted by Gasteiger charge is 2.24. The second-order valence-electron chi connectivity index (χ2n) is 6.04. The van der Waals surface area contributed by atoms with Gasteiger partial charge in [0, 0.05) is 25.1 Å². The molecule has 0 fully saturated rings. The summed E-state index contributed by atoms with van der Waals surface area (Å²) in [4.78, 5) is 16.3. The highest BCUT2D eigenvalue weighted by molar-refractivity contribution is 7.91. The number of nitrogens with one attached hydrogen (secondary N) is 1. The molecule has 0 radical (unpaired) electrons. The number of thiophene rings is 1. The summed E-state index contributed by atoms with van der Waals surface area (Å²) in [5.74, 6) is -0.358. The van der Waals surface area contributed by atoms with Crippen molar-refractivity contribution in [2.24, 2.45) is 0 Å². The van der Waals surface area contributed by atoms with E-state index in [9.17, 15) is 13.2 Å². The van der Waals surface area contributed by atoms with Crippen molar-refractivity contribution in [1.82, 2.24) is 19.2 Å². The van der Waals surface area contributed by atoms with Crippen LogP contribution in [-0.2, 0) is 14.8 Å². The lowest BCUT2D eigenvalue weighted by molar-refractivity contribution is -0.121. The van der Waals surface area contributed by atoms with Crippen LogP contribution in [-0.4, -0.2) is 41.8 Å². The molecule has 2 aromatic heterocycles. The third-order valence-electron chi connectivity index (χ3n) is 4.10. The minimum absolute atomic E-state index is 0.223. The summed E-state index contributed by atoms with van der Waals surface area (Å²) in [6, 6.07) is 10.7. The van der Waals surface area contributed by atoms with Gasteiger partial charge in [-0.3, -0.25) is 4.79 Å². The van der Waals surface area contributed by atoms with Crippen molar-refractivity contribution in [1.29, 1.82) is 0 Å². The molecule has 1 unspecified atom stereocenters. The Kier molecular flexibility index (Phi) is 5.73. The van der Waals surface area contributed by atoms with E-state index in [1.165, 1.54) is 13.1 Å². The van der Waals surface area contributed by atoms with E-state index in [1.54, 1.807) is 24.0 Å². The smallest absolute Gasteiger partial charge is 0.252 e. The van der Waals surface area contributed by atoms with Crippen LogP contribution in [0.4, 0.5) is 0 Å². The second-order valence-corrected chi connectivity index (χ2v) is 9.26. The quantitative estimate of drug-likeness (QED) is 0.655. The minimum Gasteiger partial charge on any atom is -0.348 e. The minimum atomic E-state index is -3.64. The van der Waals surface area contributed by atoms with Crippen molar-refractivity contribution >= 4 is 27.3 Å². The first-order valence-corrected chi connectivity index (χ1v) is 10.6. The molecular formula is C18H20N4O3S2. The topological polar surface area (TPSA) is 84.3 Å². The van der Waals surface area contributed by atoms with Crippen molar-refractivity contribution in [3.05, 3.63) is 66.1 Å². The summed E-state index contributed by atoms with van der Waals surface area (Å²) in [7, 11) is -2.24. The van der Waals surface area contributed by atoms with E-state index in [0.29, 0.717) is 0 Å². The van der Waals surface area contributed by atoms with Gasteiger partial charge < -0.3 is 9.88 Å². The predicted octanol–water partition coefficient (Wildman–Crippen LogP) is 2.43. The van der Waals surface area contributed by atoms with Crippen LogP contribution in [0.3, 0.4) is 0 Å². The number of imidazole rings is 1. The second kappa shape index (κ2) is 8.03. The molecule has 0 aliphatic rings. The van der Waals surface area contributed by atoms with Crippen molar-refractivity contribution in [3.8, 4) is 5.69 Å². The van der Waals surface area contributed by atoms with E-state index in [-0.39, 0.29) is 22.7 Å². The molecule has 7 nitrogen and oxygen atoms in total. The number of likely N-dealkylation sites (N-methyl/N-ethyl adjacent to an activating group) is 1. The van der Waals surface area contributed by atoms with Crippen LogP contribution in [0.2, 0.25) is 0 Å². The van der Waals surface area contributed by atoms with Crippen LogP contribution in [0.15, 0.2) is 64.7 Å². The van der Waals surface area contributed by atoms with Crippen LogP contribution in [0.5, 0.6) is 0 Å². The lowest BCUT2D eigenvalue weighted by Crippen LogP contribution is -2.39. The van der Waals surface area contributed by atoms with Crippen molar-refractivity contribution in [2.45, 2.75) is 17.2 Å². The van der Waals surface area contributed by atoms with Gasteiger partial charge in [0.15, 0.2) is 0 Å². The molecule has 142 valence electrons. The SMILES string of the molecule is CC(NC(=O)CN(C)S(=O)(=O)c1cccs1)c1ccc(-n2ccnc2)cc1. The number of benzene rings is 1. The fourth-order valence-electron chi connectivity index (χ4n) is 2.57. The molecule has 1 amide bonds. The maximum Gasteiger partial charge on any atom is 0.252 e. The Bertz CT molecular complexity index is 982. The number of amides is 1. The van der Waals surface area contributed by atoms with Crippen LogP contribution >= 0.6 is 11.3 Å². The zero-order valence-electron chi connectivity index (χ0n) is 14.9. The average Bonchev–Trinajstić information content (AvgIpc) is 3.35. The Hall–Kier alpha value is -2.49. The molecule has 0 saturated carbocycles. The van der Waals surface area contributed by atoms with Gasteiger partial charge in [0.25, 0.3) is 10.0 Å². The van der Waals surface area contributed by atoms with Gasteiger partial charge in [-0.1, -0.05) is 18.2 Å². The van der Waals surface area contributed by atoms with E-state index >= 15 is 0 Å². The highest BCUT2D eigenvalue weighted by atomic mass is 32.2. The molecule has 0 saturated heterocycles. The molecule has 3 aromatic rings. The standard InChI is InChI=1S/C18H20N4O3S2/c1-14(15-5-7-16(8-6-15)22-10-9-19-13-22)20-17(23)12-21(2)27(24,25)18-4-3-11-26-18/h3-11,13-14H,12H2,1-2H3,(H,20,23). The van der Waals surface area contributed by atoms with Gasteiger partial charge in [-0.05, 0) is 36.1 Å². The van der Waals surface area contributed by atoms with E-state index in [4.69, 9.17) is 0 Å². The van der Waals surface area contributed by atoms with Gasteiger partial charge in [0.1, 0.15) is 4.21 Å². The summed E-state index contributed by atoms with van der Waals surface area (Å²) in [6.07, 6.45) is 5.27. The molecule has 0 spiro atoms. The number of carbonyl (C=O) groups is 1. The maximum absolute atomic E-state index is 12.4. The number of nitrogens with zero attached hydrogens (tertiary/aromatic N) is 3. The first-order valence-electron chi connectivity index (χ1n) is 8.25. The summed E-state index contributed by atoms with van der Waals surface area (Å²) < 4.78 is 27.9. The lowest BCUT2D eigenvalue weighted by Gasteiger charge is -2.19. The van der Waals surface area contributed by atoms with Gasteiger partial charge in [-0.2, -0.15) is 4.31 Å². The molecule has 0 aliphatic heterocycles. The van der Waals surface area contributed by atoms with E-state index in [1.807, 2.05) is 42.0 Å². The van der Waals surface area contributed by atoms with Gasteiger partial charge >= 0.3 is 0 Å². The normalized spacial score (nSPS) is 12.9. The van der Waals surface area contributed by atoms with Gasteiger partial charge in [-0.25, -0.2) is 13.4 Å². The zero-order chi connectivity index (χ0) is 19.4. The number of rotatable bonds is 7. The summed E-state index contributed by atoms with van der Waals surface area (Å²) in [5, 5.41) is 4.53. The third kappa shape index (κ3) is 4.44. The number of hydrogen-bond acceptors (Lipinski definition) is 5. The van der Waals surface area contributed by atoms with Crippen LogP contribution in [0.1, 0.15) is 18.5 Å². The molecule has 2 heterocycles. The fraction of sp³-hybridized carbons (Fsp3) is 0.222. The van der Waals surface area contributed by atoms with E-state index < -0.39 is 10.0 Å². The number of hydrogen-bond donors (Lipinski definition) is 1. The molecule has 1 aromatic carbocycles. The third-order valence-corrected chi connectivity index (χ3v) is 7.28.